The number of anilines is 1. The van der Waals surface area contributed by atoms with Crippen molar-refractivity contribution in [2.45, 2.75) is 110 Å². The molecule has 4 aliphatic heterocycles. The number of aldehydes is 1. The number of benzene rings is 2. The number of amides is 1. The van der Waals surface area contributed by atoms with Gasteiger partial charge in [-0.2, -0.15) is 0 Å². The van der Waals surface area contributed by atoms with E-state index in [1.807, 2.05) is 0 Å². The van der Waals surface area contributed by atoms with Gasteiger partial charge in [-0.05, 0) is 19.9 Å². The number of carbonyl (C=O) groups is 4. The quantitative estimate of drug-likeness (QED) is 0.0897. The number of aromatic hydroxyl groups is 3. The number of Topliss-reactive ketones (excluding diaryl/α,β-unsaturated/α-hetero) is 1. The van der Waals surface area contributed by atoms with Crippen molar-refractivity contribution in [2.75, 3.05) is 19.0 Å². The van der Waals surface area contributed by atoms with Gasteiger partial charge >= 0.3 is 11.8 Å². The molecule has 2 aromatic carbocycles. The fraction of sp³-hybridized carbons (Fsp3) is 0.535. The van der Waals surface area contributed by atoms with Crippen molar-refractivity contribution in [3.63, 3.8) is 0 Å². The molecule has 334 valence electrons. The fourth-order valence-electron chi connectivity index (χ4n) is 8.23. The highest BCUT2D eigenvalue weighted by atomic mass is 16.7. The van der Waals surface area contributed by atoms with Crippen LogP contribution in [0.15, 0.2) is 36.1 Å². The largest absolute Gasteiger partial charge is 0.507 e. The molecule has 1 amide bonds. The Morgan fingerprint density at radius 2 is 1.59 bits per heavy atom. The topological polar surface area (TPSA) is 277 Å². The second kappa shape index (κ2) is 18.5. The molecule has 8 N–H and O–H groups in total. The molecule has 0 aromatic heterocycles. The van der Waals surface area contributed by atoms with E-state index >= 15 is 0 Å². The highest BCUT2D eigenvalue weighted by Gasteiger charge is 2.51. The second-order valence-electron chi connectivity index (χ2n) is 16.1. The molecule has 0 spiro atoms. The number of phenolic OH excluding ortho intramolecular Hbond substituents is 3. The monoisotopic (exact) mass is 857 g/mol. The van der Waals surface area contributed by atoms with Crippen LogP contribution in [0.1, 0.15) is 74.7 Å². The van der Waals surface area contributed by atoms with Gasteiger partial charge in [0.05, 0.1) is 53.4 Å². The normalized spacial score (nSPS) is 35.5. The molecule has 0 unspecified atom stereocenters. The average Bonchev–Trinajstić information content (AvgIpc) is 3.65. The molecule has 0 radical (unpaired) electrons. The number of carbonyl (C=O) groups excluding carboxylic acids is 4. The summed E-state index contributed by atoms with van der Waals surface area (Å²) >= 11 is 0. The van der Waals surface area contributed by atoms with Crippen molar-refractivity contribution in [2.24, 2.45) is 23.7 Å². The first-order valence-corrected chi connectivity index (χ1v) is 19.8. The van der Waals surface area contributed by atoms with Crippen LogP contribution >= 0.6 is 0 Å². The van der Waals surface area contributed by atoms with Gasteiger partial charge in [-0.3, -0.25) is 19.2 Å². The van der Waals surface area contributed by atoms with E-state index in [9.17, 15) is 54.9 Å². The molecule has 6 rings (SSSR count). The summed E-state index contributed by atoms with van der Waals surface area (Å²) in [5.41, 5.74) is -1.46. The summed E-state index contributed by atoms with van der Waals surface area (Å²) in [5, 5.41) is 78.7. The van der Waals surface area contributed by atoms with Crippen LogP contribution in [0.3, 0.4) is 0 Å². The maximum atomic E-state index is 14.2. The van der Waals surface area contributed by atoms with Crippen LogP contribution in [0, 0.1) is 30.6 Å². The highest BCUT2D eigenvalue weighted by Crippen LogP contribution is 2.55. The van der Waals surface area contributed by atoms with E-state index in [0.717, 1.165) is 6.26 Å². The molecule has 18 heteroatoms. The van der Waals surface area contributed by atoms with Gasteiger partial charge in [0.1, 0.15) is 41.7 Å². The third kappa shape index (κ3) is 8.71. The van der Waals surface area contributed by atoms with Crippen LogP contribution in [-0.4, -0.2) is 128 Å². The van der Waals surface area contributed by atoms with Crippen molar-refractivity contribution in [1.82, 2.24) is 0 Å². The maximum absolute atomic E-state index is 14.2. The molecular weight excluding hydrogens is 802 g/mol. The molecule has 1 fully saturated rings. The van der Waals surface area contributed by atoms with Gasteiger partial charge < -0.3 is 69.5 Å². The summed E-state index contributed by atoms with van der Waals surface area (Å²) in [5.74, 6) is -10.0. The summed E-state index contributed by atoms with van der Waals surface area (Å²) in [6.07, 6.45) is -2.79. The fourth-order valence-corrected chi connectivity index (χ4v) is 8.23. The predicted octanol–water partition coefficient (Wildman–Crippen LogP) is 3.03. The Morgan fingerprint density at radius 1 is 0.918 bits per heavy atom. The van der Waals surface area contributed by atoms with Gasteiger partial charge in [0.25, 0.3) is 11.7 Å². The summed E-state index contributed by atoms with van der Waals surface area (Å²) in [4.78, 5) is 52.8. The van der Waals surface area contributed by atoms with E-state index in [2.05, 4.69) is 5.32 Å². The minimum atomic E-state index is -2.14. The Morgan fingerprint density at radius 3 is 2.18 bits per heavy atom. The van der Waals surface area contributed by atoms with E-state index in [-0.39, 0.29) is 28.7 Å². The number of ether oxygens (including phenoxy) is 6. The van der Waals surface area contributed by atoms with Crippen LogP contribution in [0.5, 0.6) is 23.0 Å². The number of rotatable bonds is 6. The number of hydrogen-bond acceptors (Lipinski definition) is 17. The van der Waals surface area contributed by atoms with Gasteiger partial charge in [0.15, 0.2) is 18.3 Å². The Labute approximate surface area is 352 Å². The number of fused-ring (bicyclic) bond motifs is 14. The number of methoxy groups -OCH3 is 1. The lowest BCUT2D eigenvalue weighted by atomic mass is 9.78. The molecule has 0 saturated carbocycles. The van der Waals surface area contributed by atoms with Gasteiger partial charge in [0, 0.05) is 61.2 Å². The van der Waals surface area contributed by atoms with Crippen LogP contribution in [0.2, 0.25) is 0 Å². The number of allylic oxidation sites excluding steroid dienone is 2. The number of nitrogens with one attached hydrogen (secondary N) is 1. The summed E-state index contributed by atoms with van der Waals surface area (Å²) in [6, 6.07) is 0. The standard InChI is InChI=1S/C43H55NO17/c1-17-11-10-12-18(2)41(55)44-30-24(15-45)33(50)27-28(35(30)52)32(49)21(5)39-29(27)40(54)43(8,61-39)57-14-13-25(56-9)19(3)37(58-23(7)47)22(6)38(20(4)31(17)48)60-42-36(53)34(51)26(16-46)59-42/h10-15,17,19-20,22,25-26,31,34,36-38,42,46,48-53H,16H2,1-9H3,(H,44,55)/b11-10+,14-13+,18-12-/t17-,19+,20-,22-,25+,26-,31+,34-,36-,37-,38+,42-,43+/m1/s1. The zero-order chi connectivity index (χ0) is 45.4. The Kier molecular flexibility index (Phi) is 14.2. The maximum Gasteiger partial charge on any atom is 0.312 e. The summed E-state index contributed by atoms with van der Waals surface area (Å²) < 4.78 is 35.6. The van der Waals surface area contributed by atoms with E-state index in [1.54, 1.807) is 33.8 Å². The average molecular weight is 858 g/mol. The predicted molar refractivity (Wildman–Crippen MR) is 216 cm³/mol. The van der Waals surface area contributed by atoms with Crippen molar-refractivity contribution < 1.29 is 83.3 Å². The molecular formula is C43H55NO17. The van der Waals surface area contributed by atoms with Crippen molar-refractivity contribution in [1.29, 1.82) is 0 Å². The third-order valence-electron chi connectivity index (χ3n) is 11.9. The lowest BCUT2D eigenvalue weighted by molar-refractivity contribution is -0.231. The van der Waals surface area contributed by atoms with Gasteiger partial charge in [-0.15, -0.1) is 0 Å². The lowest BCUT2D eigenvalue weighted by Gasteiger charge is -2.41. The number of ketones is 1. The van der Waals surface area contributed by atoms with Gasteiger partial charge in [0.2, 0.25) is 0 Å². The summed E-state index contributed by atoms with van der Waals surface area (Å²) in [7, 11) is 1.38. The molecule has 13 atom stereocenters. The lowest BCUT2D eigenvalue weighted by Crippen LogP contribution is -2.50. The Bertz CT molecular complexity index is 2130. The highest BCUT2D eigenvalue weighted by molar-refractivity contribution is 6.23. The first-order chi connectivity index (χ1) is 28.6. The van der Waals surface area contributed by atoms with Gasteiger partial charge in [-0.25, -0.2) is 0 Å². The Balaban J connectivity index is 1.67. The van der Waals surface area contributed by atoms with E-state index in [0.29, 0.717) is 0 Å². The molecule has 4 heterocycles. The minimum absolute atomic E-state index is 0.0365. The Hall–Kier alpha value is -5.08. The first-order valence-electron chi connectivity index (χ1n) is 19.8. The molecule has 2 aromatic rings. The zero-order valence-electron chi connectivity index (χ0n) is 35.3. The van der Waals surface area contributed by atoms with Gasteiger partial charge in [-0.1, -0.05) is 45.9 Å². The molecule has 4 aliphatic rings. The molecule has 1 saturated heterocycles. The molecule has 61 heavy (non-hydrogen) atoms. The SMILES string of the molecule is CO[C@H]1/C=C/O[C@@]2(C)Oc3c(C)c(O)c4c(O)c(c(C=O)c(O)c4c3C2=O)NC(=O)/C(C)=C\C=C\[C@@H](C)[C@H](O)[C@@H](C)[C@H](O[C@H]2O[C@H](CO)[C@@H](O)[C@H]2O)[C@H](C)[C@H](OC(C)=O)[C@H]1C. The number of esters is 1. The van der Waals surface area contributed by atoms with Crippen molar-refractivity contribution >= 4 is 40.4 Å². The van der Waals surface area contributed by atoms with E-state index in [1.165, 1.54) is 53.0 Å². The molecule has 0 aliphatic carbocycles. The smallest absolute Gasteiger partial charge is 0.312 e. The van der Waals surface area contributed by atoms with Crippen molar-refractivity contribution in [3.05, 3.63) is 52.8 Å². The minimum Gasteiger partial charge on any atom is -0.507 e. The van der Waals surface area contributed by atoms with Crippen LogP contribution in [0.25, 0.3) is 10.8 Å². The number of aliphatic hydroxyl groups excluding tert-OH is 4. The second-order valence-corrected chi connectivity index (χ2v) is 16.1. The number of aliphatic hydroxyl groups is 4. The van der Waals surface area contributed by atoms with Crippen LogP contribution < -0.4 is 10.1 Å². The molecule has 5 bridgehead atoms. The van der Waals surface area contributed by atoms with E-state index < -0.39 is 142 Å². The van der Waals surface area contributed by atoms with Crippen molar-refractivity contribution in [3.8, 4) is 23.0 Å². The molecule has 18 nitrogen and oxygen atoms in total. The number of hydrogen-bond donors (Lipinski definition) is 8. The first kappa shape index (κ1) is 47.0. The third-order valence-corrected chi connectivity index (χ3v) is 11.9. The summed E-state index contributed by atoms with van der Waals surface area (Å²) in [6.45, 7) is 11.4. The van der Waals surface area contributed by atoms with E-state index in [4.69, 9.17) is 28.4 Å². The van der Waals surface area contributed by atoms with Crippen LogP contribution in [-0.2, 0) is 33.3 Å². The number of phenols is 3. The van der Waals surface area contributed by atoms with Crippen LogP contribution in [0.4, 0.5) is 5.69 Å². The zero-order valence-corrected chi connectivity index (χ0v) is 35.3.